The second-order valence-electron chi connectivity index (χ2n) is 7.83. The molecule has 1 aliphatic carbocycles. The topological polar surface area (TPSA) is 111 Å². The zero-order valence-electron chi connectivity index (χ0n) is 17.3. The number of nitro groups is 1. The molecule has 0 aromatic heterocycles. The average molecular weight is 419 g/mol. The summed E-state index contributed by atoms with van der Waals surface area (Å²) in [5.41, 5.74) is 0.107. The standard InChI is InChI=1S/C21H29N3O6/c1-29-12-10-22-17-9-8-16(13-19(17)24(27)28)21(26)30-14-20(25)23-11-4-6-15-5-2-3-7-18(15)23/h8-9,13,15,18,22H,2-7,10-12,14H2,1H3/t15-,18-/m0/s1. The SMILES string of the molecule is COCCNc1ccc(C(=O)OCC(=O)N2CCC[C@@H]3CCCC[C@@H]32)cc1[N+](=O)[O-]. The van der Waals surface area contributed by atoms with Crippen molar-refractivity contribution in [3.8, 4) is 0 Å². The first-order valence-corrected chi connectivity index (χ1v) is 10.5. The van der Waals surface area contributed by atoms with Crippen LogP contribution in [0.5, 0.6) is 0 Å². The molecule has 9 nitrogen and oxygen atoms in total. The van der Waals surface area contributed by atoms with Crippen LogP contribution in [0, 0.1) is 16.0 Å². The second kappa shape index (κ2) is 10.4. The third kappa shape index (κ3) is 5.27. The van der Waals surface area contributed by atoms with E-state index in [1.54, 1.807) is 0 Å². The van der Waals surface area contributed by atoms with Gasteiger partial charge in [0.05, 0.1) is 17.1 Å². The van der Waals surface area contributed by atoms with Crippen molar-refractivity contribution < 1.29 is 24.0 Å². The quantitative estimate of drug-likeness (QED) is 0.298. The molecule has 0 bridgehead atoms. The summed E-state index contributed by atoms with van der Waals surface area (Å²) in [6.07, 6.45) is 6.64. The second-order valence-corrected chi connectivity index (χ2v) is 7.83. The highest BCUT2D eigenvalue weighted by molar-refractivity contribution is 5.93. The predicted molar refractivity (Wildman–Crippen MR) is 110 cm³/mol. The minimum atomic E-state index is -0.743. The minimum absolute atomic E-state index is 0.0426. The number of anilines is 1. The van der Waals surface area contributed by atoms with Crippen LogP contribution >= 0.6 is 0 Å². The number of rotatable bonds is 8. The van der Waals surface area contributed by atoms with Gasteiger partial charge in [-0.2, -0.15) is 0 Å². The van der Waals surface area contributed by atoms with E-state index in [2.05, 4.69) is 5.32 Å². The molecule has 1 aliphatic heterocycles. The van der Waals surface area contributed by atoms with Crippen molar-refractivity contribution in [3.63, 3.8) is 0 Å². The van der Waals surface area contributed by atoms with Crippen LogP contribution in [0.1, 0.15) is 48.9 Å². The molecule has 2 aliphatic rings. The van der Waals surface area contributed by atoms with Gasteiger partial charge in [-0.1, -0.05) is 12.8 Å². The average Bonchev–Trinajstić information content (AvgIpc) is 2.77. The number of nitrogens with one attached hydrogen (secondary N) is 1. The van der Waals surface area contributed by atoms with Crippen molar-refractivity contribution >= 4 is 23.3 Å². The van der Waals surface area contributed by atoms with E-state index in [0.717, 1.165) is 32.1 Å². The molecule has 1 saturated heterocycles. The highest BCUT2D eigenvalue weighted by atomic mass is 16.6. The highest BCUT2D eigenvalue weighted by Gasteiger charge is 2.35. The number of nitrogens with zero attached hydrogens (tertiary/aromatic N) is 2. The first-order valence-electron chi connectivity index (χ1n) is 10.5. The summed E-state index contributed by atoms with van der Waals surface area (Å²) in [6, 6.07) is 4.33. The van der Waals surface area contributed by atoms with Crippen molar-refractivity contribution in [1.29, 1.82) is 0 Å². The fourth-order valence-electron chi connectivity index (χ4n) is 4.47. The molecule has 30 heavy (non-hydrogen) atoms. The number of hydrogen-bond acceptors (Lipinski definition) is 7. The minimum Gasteiger partial charge on any atom is -0.452 e. The summed E-state index contributed by atoms with van der Waals surface area (Å²) in [4.78, 5) is 37.8. The third-order valence-corrected chi connectivity index (χ3v) is 5.94. The van der Waals surface area contributed by atoms with Gasteiger partial charge in [-0.15, -0.1) is 0 Å². The summed E-state index contributed by atoms with van der Waals surface area (Å²) in [5.74, 6) is -0.382. The molecule has 2 fully saturated rings. The van der Waals surface area contributed by atoms with Crippen molar-refractivity contribution in [1.82, 2.24) is 4.90 Å². The van der Waals surface area contributed by atoms with Gasteiger partial charge >= 0.3 is 5.97 Å². The third-order valence-electron chi connectivity index (χ3n) is 5.94. The maximum absolute atomic E-state index is 12.7. The lowest BCUT2D eigenvalue weighted by Crippen LogP contribution is -2.50. The van der Waals surface area contributed by atoms with E-state index in [0.29, 0.717) is 31.3 Å². The number of carbonyl (C=O) groups is 2. The van der Waals surface area contributed by atoms with Crippen LogP contribution in [0.2, 0.25) is 0 Å². The normalized spacial score (nSPS) is 20.9. The number of ether oxygens (including phenoxy) is 2. The van der Waals surface area contributed by atoms with E-state index in [1.807, 2.05) is 4.90 Å². The van der Waals surface area contributed by atoms with E-state index in [9.17, 15) is 19.7 Å². The first-order chi connectivity index (χ1) is 14.5. The number of likely N-dealkylation sites (tertiary alicyclic amines) is 1. The van der Waals surface area contributed by atoms with Crippen LogP contribution < -0.4 is 5.32 Å². The molecule has 1 aromatic rings. The van der Waals surface area contributed by atoms with Crippen LogP contribution in [-0.4, -0.2) is 61.2 Å². The van der Waals surface area contributed by atoms with Crippen molar-refractivity contribution in [2.45, 2.75) is 44.6 Å². The number of nitro benzene ring substituents is 1. The van der Waals surface area contributed by atoms with Crippen molar-refractivity contribution in [2.24, 2.45) is 5.92 Å². The maximum atomic E-state index is 12.7. The zero-order valence-corrected chi connectivity index (χ0v) is 17.3. The molecular weight excluding hydrogens is 390 g/mol. The molecule has 0 unspecified atom stereocenters. The van der Waals surface area contributed by atoms with E-state index in [-0.39, 0.29) is 29.8 Å². The van der Waals surface area contributed by atoms with E-state index in [4.69, 9.17) is 9.47 Å². The molecule has 1 amide bonds. The van der Waals surface area contributed by atoms with Crippen LogP contribution in [0.3, 0.4) is 0 Å². The number of piperidine rings is 1. The summed E-state index contributed by atoms with van der Waals surface area (Å²) in [7, 11) is 1.54. The number of hydrogen-bond donors (Lipinski definition) is 1. The lowest BCUT2D eigenvalue weighted by Gasteiger charge is -2.44. The molecule has 1 saturated carbocycles. The van der Waals surface area contributed by atoms with Gasteiger partial charge < -0.3 is 19.7 Å². The molecular formula is C21H29N3O6. The molecule has 3 rings (SSSR count). The number of esters is 1. The molecule has 0 radical (unpaired) electrons. The van der Waals surface area contributed by atoms with Crippen LogP contribution in [-0.2, 0) is 14.3 Å². The van der Waals surface area contributed by atoms with E-state index >= 15 is 0 Å². The lowest BCUT2D eigenvalue weighted by molar-refractivity contribution is -0.384. The molecule has 164 valence electrons. The first kappa shape index (κ1) is 22.0. The zero-order chi connectivity index (χ0) is 21.5. The number of carbonyl (C=O) groups excluding carboxylic acids is 2. The van der Waals surface area contributed by atoms with Gasteiger partial charge in [-0.3, -0.25) is 14.9 Å². The van der Waals surface area contributed by atoms with Gasteiger partial charge in [0.15, 0.2) is 6.61 Å². The molecule has 9 heteroatoms. The smallest absolute Gasteiger partial charge is 0.338 e. The molecule has 2 atom stereocenters. The Balaban J connectivity index is 1.60. The molecule has 1 N–H and O–H groups in total. The Hall–Kier alpha value is -2.68. The largest absolute Gasteiger partial charge is 0.452 e. The molecule has 1 aromatic carbocycles. The van der Waals surface area contributed by atoms with Crippen molar-refractivity contribution in [3.05, 3.63) is 33.9 Å². The summed E-state index contributed by atoms with van der Waals surface area (Å²) >= 11 is 0. The number of methoxy groups -OCH3 is 1. The fraction of sp³-hybridized carbons (Fsp3) is 0.619. The lowest BCUT2D eigenvalue weighted by atomic mass is 9.78. The van der Waals surface area contributed by atoms with Gasteiger partial charge in [0.2, 0.25) is 0 Å². The van der Waals surface area contributed by atoms with Gasteiger partial charge in [0.1, 0.15) is 5.69 Å². The Labute approximate surface area is 175 Å². The Morgan fingerprint density at radius 1 is 1.23 bits per heavy atom. The Bertz CT molecular complexity index is 782. The monoisotopic (exact) mass is 419 g/mol. The van der Waals surface area contributed by atoms with Crippen LogP contribution in [0.15, 0.2) is 18.2 Å². The Kier molecular flexibility index (Phi) is 7.62. The van der Waals surface area contributed by atoms with E-state index < -0.39 is 10.9 Å². The van der Waals surface area contributed by atoms with Crippen LogP contribution in [0.4, 0.5) is 11.4 Å². The van der Waals surface area contributed by atoms with Crippen LogP contribution in [0.25, 0.3) is 0 Å². The van der Waals surface area contributed by atoms with Crippen molar-refractivity contribution in [2.75, 3.05) is 38.7 Å². The number of fused-ring (bicyclic) bond motifs is 1. The maximum Gasteiger partial charge on any atom is 0.338 e. The van der Waals surface area contributed by atoms with E-state index in [1.165, 1.54) is 31.7 Å². The predicted octanol–water partition coefficient (Wildman–Crippen LogP) is 2.99. The Morgan fingerprint density at radius 2 is 2.00 bits per heavy atom. The Morgan fingerprint density at radius 3 is 2.77 bits per heavy atom. The number of amides is 1. The molecule has 1 heterocycles. The highest BCUT2D eigenvalue weighted by Crippen LogP contribution is 2.35. The van der Waals surface area contributed by atoms with Gasteiger partial charge in [0, 0.05) is 32.3 Å². The van der Waals surface area contributed by atoms with Gasteiger partial charge in [-0.25, -0.2) is 4.79 Å². The summed E-state index contributed by atoms with van der Waals surface area (Å²) in [6.45, 7) is 1.14. The molecule has 0 spiro atoms. The summed E-state index contributed by atoms with van der Waals surface area (Å²) in [5, 5.41) is 14.3. The van der Waals surface area contributed by atoms with Gasteiger partial charge in [-0.05, 0) is 43.7 Å². The summed E-state index contributed by atoms with van der Waals surface area (Å²) < 4.78 is 10.1. The number of benzene rings is 1. The fourth-order valence-corrected chi connectivity index (χ4v) is 4.47. The van der Waals surface area contributed by atoms with Gasteiger partial charge in [0.25, 0.3) is 11.6 Å².